The predicted molar refractivity (Wildman–Crippen MR) is 155 cm³/mol. The monoisotopic (exact) mass is 645 g/mol. The first-order valence-electron chi connectivity index (χ1n) is 10.6. The van der Waals surface area contributed by atoms with E-state index in [4.69, 9.17) is 33.3 Å². The van der Waals surface area contributed by atoms with Crippen LogP contribution < -0.4 is 14.7 Å². The minimum Gasteiger partial charge on any atom is -0.486 e. The van der Waals surface area contributed by atoms with Crippen LogP contribution in [0.5, 0.6) is 5.75 Å². The van der Waals surface area contributed by atoms with Crippen LogP contribution in [0.1, 0.15) is 29.7 Å². The van der Waals surface area contributed by atoms with Crippen molar-refractivity contribution < 1.29 is 4.74 Å². The molecule has 2 unspecified atom stereocenters. The van der Waals surface area contributed by atoms with E-state index < -0.39 is 0 Å². The maximum Gasteiger partial charge on any atom is 0.128 e. The molecular formula is C23H23Cl2IN5OPS. The van der Waals surface area contributed by atoms with Gasteiger partial charge in [-0.2, -0.15) is 11.8 Å². The molecule has 1 fully saturated rings. The first-order chi connectivity index (χ1) is 16.5. The number of pyridine rings is 2. The second-order valence-corrected chi connectivity index (χ2v) is 11.7. The van der Waals surface area contributed by atoms with Gasteiger partial charge in [-0.25, -0.2) is 4.98 Å². The summed E-state index contributed by atoms with van der Waals surface area (Å²) in [6, 6.07) is 9.65. The van der Waals surface area contributed by atoms with Crippen molar-refractivity contribution >= 4 is 80.6 Å². The number of benzene rings is 1. The maximum atomic E-state index is 8.91. The van der Waals surface area contributed by atoms with E-state index in [2.05, 4.69) is 42.0 Å². The summed E-state index contributed by atoms with van der Waals surface area (Å²) >= 11 is 16.9. The molecule has 6 nitrogen and oxygen atoms in total. The normalized spacial score (nSPS) is 14.9. The van der Waals surface area contributed by atoms with E-state index in [0.29, 0.717) is 33.4 Å². The zero-order valence-corrected chi connectivity index (χ0v) is 23.8. The molecule has 2 aromatic heterocycles. The van der Waals surface area contributed by atoms with Crippen LogP contribution in [0, 0.1) is 5.41 Å². The van der Waals surface area contributed by atoms with Crippen molar-refractivity contribution in [1.29, 1.82) is 5.41 Å². The minimum atomic E-state index is -0.390. The van der Waals surface area contributed by atoms with Crippen molar-refractivity contribution in [3.8, 4) is 5.75 Å². The number of aromatic nitrogens is 2. The summed E-state index contributed by atoms with van der Waals surface area (Å²) in [6.07, 6.45) is 4.96. The van der Waals surface area contributed by atoms with Gasteiger partial charge in [-0.3, -0.25) is 10.4 Å². The highest BCUT2D eigenvalue weighted by molar-refractivity contribution is 14.2. The van der Waals surface area contributed by atoms with Crippen molar-refractivity contribution in [2.24, 2.45) is 0 Å². The lowest BCUT2D eigenvalue weighted by Crippen LogP contribution is -2.33. The molecule has 0 spiro atoms. The third kappa shape index (κ3) is 6.08. The van der Waals surface area contributed by atoms with Gasteiger partial charge in [0.25, 0.3) is 0 Å². The summed E-state index contributed by atoms with van der Waals surface area (Å²) in [7, 11) is 0. The summed E-state index contributed by atoms with van der Waals surface area (Å²) in [5.74, 6) is 3.81. The number of nitrogens with zero attached hydrogens (tertiary/aromatic N) is 3. The fourth-order valence-corrected chi connectivity index (χ4v) is 6.47. The summed E-state index contributed by atoms with van der Waals surface area (Å²) < 4.78 is 6.18. The molecule has 1 aliphatic rings. The third-order valence-corrected chi connectivity index (χ3v) is 8.14. The summed E-state index contributed by atoms with van der Waals surface area (Å²) in [5, 5.41) is 13.2. The van der Waals surface area contributed by atoms with Crippen LogP contribution in [0.2, 0.25) is 10.0 Å². The molecule has 178 valence electrons. The quantitative estimate of drug-likeness (QED) is 0.153. The number of nitrogens with one attached hydrogen (secondary N) is 2. The Hall–Kier alpha value is -1.32. The van der Waals surface area contributed by atoms with Gasteiger partial charge in [-0.05, 0) is 59.3 Å². The lowest BCUT2D eigenvalue weighted by Gasteiger charge is -2.27. The fourth-order valence-electron chi connectivity index (χ4n) is 3.71. The fraction of sp³-hybridized carbons (Fsp3) is 0.261. The van der Waals surface area contributed by atoms with Crippen molar-refractivity contribution in [2.75, 3.05) is 34.6 Å². The molecule has 2 atom stereocenters. The minimum absolute atomic E-state index is 0.378. The molecule has 0 amide bonds. The molecule has 34 heavy (non-hydrogen) atoms. The van der Waals surface area contributed by atoms with Crippen molar-refractivity contribution in [1.82, 2.24) is 9.97 Å². The van der Waals surface area contributed by atoms with Crippen molar-refractivity contribution in [3.05, 3.63) is 75.7 Å². The molecule has 0 aliphatic carbocycles. The molecule has 0 radical (unpaired) electrons. The zero-order chi connectivity index (χ0) is 24.1. The van der Waals surface area contributed by atoms with Crippen LogP contribution in [0.15, 0.2) is 48.9 Å². The van der Waals surface area contributed by atoms with Crippen LogP contribution in [-0.4, -0.2) is 40.3 Å². The number of halogens is 3. The molecule has 1 aliphatic heterocycles. The van der Waals surface area contributed by atoms with Gasteiger partial charge >= 0.3 is 0 Å². The number of hydrogen-bond donors (Lipinski definition) is 2. The van der Waals surface area contributed by atoms with Crippen molar-refractivity contribution in [2.45, 2.75) is 13.0 Å². The largest absolute Gasteiger partial charge is 0.486 e. The Morgan fingerprint density at radius 1 is 1.18 bits per heavy atom. The van der Waals surface area contributed by atoms with Gasteiger partial charge in [0.2, 0.25) is 0 Å². The lowest BCUT2D eigenvalue weighted by atomic mass is 10.0. The highest BCUT2D eigenvalue weighted by atomic mass is 127. The molecule has 1 aromatic carbocycles. The molecule has 3 aromatic rings. The average molecular weight is 646 g/mol. The number of ether oxygens (including phenoxy) is 1. The summed E-state index contributed by atoms with van der Waals surface area (Å²) in [4.78, 5) is 10.9. The van der Waals surface area contributed by atoms with Gasteiger partial charge in [-0.15, -0.1) is 0 Å². The van der Waals surface area contributed by atoms with Gasteiger partial charge in [0.05, 0.1) is 15.8 Å². The SMILES string of the molecule is CC(Oc1ccc(NPI)c(C(=N)c2ccc(N3CCSCC3)nc2)c1)c1c(Cl)cncc1Cl. The Kier molecular flexibility index (Phi) is 9.15. The molecule has 0 saturated carbocycles. The highest BCUT2D eigenvalue weighted by Crippen LogP contribution is 2.35. The van der Waals surface area contributed by atoms with Crippen LogP contribution in [-0.2, 0) is 0 Å². The van der Waals surface area contributed by atoms with Crippen LogP contribution >= 0.6 is 63.4 Å². The predicted octanol–water partition coefficient (Wildman–Crippen LogP) is 7.25. The Balaban J connectivity index is 1.58. The molecule has 2 N–H and O–H groups in total. The molecule has 11 heteroatoms. The number of anilines is 2. The van der Waals surface area contributed by atoms with Crippen molar-refractivity contribution in [3.63, 3.8) is 0 Å². The van der Waals surface area contributed by atoms with Crippen LogP contribution in [0.25, 0.3) is 0 Å². The first kappa shape index (κ1) is 25.8. The van der Waals surface area contributed by atoms with E-state index in [1.54, 1.807) is 18.6 Å². The van der Waals surface area contributed by atoms with E-state index in [1.165, 1.54) is 0 Å². The van der Waals surface area contributed by atoms with E-state index in [0.717, 1.165) is 47.2 Å². The van der Waals surface area contributed by atoms with E-state index in [9.17, 15) is 0 Å². The van der Waals surface area contributed by atoms with E-state index >= 15 is 0 Å². The topological polar surface area (TPSA) is 74.1 Å². The number of rotatable bonds is 8. The van der Waals surface area contributed by atoms with Gasteiger partial charge in [0.1, 0.15) is 17.7 Å². The molecular weight excluding hydrogens is 623 g/mol. The average Bonchev–Trinajstić information content (AvgIpc) is 2.85. The highest BCUT2D eigenvalue weighted by Gasteiger charge is 2.19. The first-order valence-corrected chi connectivity index (χ1v) is 16.6. The Morgan fingerprint density at radius 2 is 1.91 bits per heavy atom. The second-order valence-electron chi connectivity index (χ2n) is 7.58. The third-order valence-electron chi connectivity index (χ3n) is 5.42. The lowest BCUT2D eigenvalue weighted by molar-refractivity contribution is 0.227. The van der Waals surface area contributed by atoms with E-state index in [-0.39, 0.29) is 6.10 Å². The number of thioether (sulfide) groups is 1. The van der Waals surface area contributed by atoms with Crippen LogP contribution in [0.4, 0.5) is 11.5 Å². The van der Waals surface area contributed by atoms with Gasteiger partial charge in [0, 0.05) is 71.9 Å². The zero-order valence-electron chi connectivity index (χ0n) is 18.3. The second kappa shape index (κ2) is 12.1. The maximum absolute atomic E-state index is 8.91. The Morgan fingerprint density at radius 3 is 2.56 bits per heavy atom. The Bertz CT molecular complexity index is 1140. The standard InChI is InChI=1S/C23H23Cl2IN5OPS/c1-14(22-18(24)12-28-13-19(22)25)32-16-3-4-20(30-33-26)17(10-16)23(27)15-2-5-21(29-11-15)31-6-8-34-9-7-31/h2-5,10-14,27,30,33H,6-9H2,1H3. The van der Waals surface area contributed by atoms with E-state index in [1.807, 2.05) is 49.0 Å². The molecule has 4 rings (SSSR count). The molecule has 1 saturated heterocycles. The van der Waals surface area contributed by atoms with Gasteiger partial charge in [-0.1, -0.05) is 23.2 Å². The number of hydrogen-bond acceptors (Lipinski definition) is 7. The van der Waals surface area contributed by atoms with Crippen LogP contribution in [0.3, 0.4) is 0 Å². The Labute approximate surface area is 228 Å². The smallest absolute Gasteiger partial charge is 0.128 e. The summed E-state index contributed by atoms with van der Waals surface area (Å²) in [5.41, 5.74) is 3.42. The molecule has 0 bridgehead atoms. The molecule has 3 heterocycles. The van der Waals surface area contributed by atoms with Gasteiger partial charge < -0.3 is 14.7 Å². The summed E-state index contributed by atoms with van der Waals surface area (Å²) in [6.45, 7) is 3.89. The van der Waals surface area contributed by atoms with Gasteiger partial charge in [0.15, 0.2) is 0 Å².